The largest absolute Gasteiger partial charge is 0.378 e. The molecule has 0 aromatic rings. The van der Waals surface area contributed by atoms with Crippen molar-refractivity contribution < 1.29 is 4.74 Å². The second-order valence-electron chi connectivity index (χ2n) is 4.08. The molecule has 1 aliphatic heterocycles. The molecule has 0 radical (unpaired) electrons. The number of hydrogen-bond acceptors (Lipinski definition) is 3. The van der Waals surface area contributed by atoms with Crippen LogP contribution in [0.15, 0.2) is 4.99 Å². The monoisotopic (exact) mass is 228 g/mol. The molecule has 5 nitrogen and oxygen atoms in total. The maximum atomic E-state index is 5.54. The first-order valence-corrected chi connectivity index (χ1v) is 6.23. The Bertz CT molecular complexity index is 202. The standard InChI is InChI=1S/C11H24N4O/c1-2-3-7-13-11(15-12)14-8-6-10-5-4-9-16-10/h10H,2-9,12H2,1H3,(H2,13,14,15). The molecular formula is C11H24N4O. The molecule has 4 N–H and O–H groups in total. The molecule has 16 heavy (non-hydrogen) atoms. The summed E-state index contributed by atoms with van der Waals surface area (Å²) in [7, 11) is 0. The van der Waals surface area contributed by atoms with Gasteiger partial charge in [0.2, 0.25) is 5.96 Å². The Morgan fingerprint density at radius 3 is 3.06 bits per heavy atom. The zero-order valence-electron chi connectivity index (χ0n) is 10.2. The van der Waals surface area contributed by atoms with Gasteiger partial charge in [-0.15, -0.1) is 0 Å². The van der Waals surface area contributed by atoms with Crippen molar-refractivity contribution in [2.75, 3.05) is 19.7 Å². The molecule has 0 saturated carbocycles. The van der Waals surface area contributed by atoms with Crippen molar-refractivity contribution in [1.29, 1.82) is 0 Å². The number of rotatable bonds is 6. The molecule has 0 bridgehead atoms. The second kappa shape index (κ2) is 8.35. The van der Waals surface area contributed by atoms with Gasteiger partial charge in [-0.05, 0) is 25.7 Å². The van der Waals surface area contributed by atoms with Crippen molar-refractivity contribution >= 4 is 5.96 Å². The molecule has 0 aliphatic carbocycles. The second-order valence-corrected chi connectivity index (χ2v) is 4.08. The molecule has 1 fully saturated rings. The van der Waals surface area contributed by atoms with E-state index >= 15 is 0 Å². The van der Waals surface area contributed by atoms with E-state index < -0.39 is 0 Å². The third-order valence-corrected chi connectivity index (χ3v) is 2.70. The van der Waals surface area contributed by atoms with Crippen LogP contribution < -0.4 is 16.6 Å². The van der Waals surface area contributed by atoms with Crippen molar-refractivity contribution in [1.82, 2.24) is 10.7 Å². The highest BCUT2D eigenvalue weighted by Crippen LogP contribution is 2.14. The number of nitrogens with one attached hydrogen (secondary N) is 2. The number of hydrazine groups is 1. The van der Waals surface area contributed by atoms with Crippen LogP contribution in [0.25, 0.3) is 0 Å². The molecule has 1 atom stereocenters. The van der Waals surface area contributed by atoms with Gasteiger partial charge in [-0.3, -0.25) is 10.4 Å². The fourth-order valence-electron chi connectivity index (χ4n) is 1.73. The lowest BCUT2D eigenvalue weighted by Gasteiger charge is -2.12. The SMILES string of the molecule is CCCCN=C(NN)NCCC1CCCO1. The number of ether oxygens (including phenoxy) is 1. The van der Waals surface area contributed by atoms with Gasteiger partial charge in [0.1, 0.15) is 0 Å². The van der Waals surface area contributed by atoms with Gasteiger partial charge in [-0.25, -0.2) is 5.84 Å². The maximum Gasteiger partial charge on any atom is 0.205 e. The first-order chi connectivity index (χ1) is 7.86. The molecule has 94 valence electrons. The molecule has 1 saturated heterocycles. The minimum absolute atomic E-state index is 0.419. The van der Waals surface area contributed by atoms with Crippen LogP contribution in [0.4, 0.5) is 0 Å². The zero-order chi connectivity index (χ0) is 11.6. The topological polar surface area (TPSA) is 71.7 Å². The van der Waals surface area contributed by atoms with Crippen LogP contribution in [-0.2, 0) is 4.74 Å². The summed E-state index contributed by atoms with van der Waals surface area (Å²) in [6.45, 7) is 4.75. The lowest BCUT2D eigenvalue weighted by atomic mass is 10.2. The Hall–Kier alpha value is -0.810. The molecule has 1 heterocycles. The molecule has 0 spiro atoms. The number of nitrogens with zero attached hydrogens (tertiary/aromatic N) is 1. The average molecular weight is 228 g/mol. The summed E-state index contributed by atoms with van der Waals surface area (Å²) in [5, 5.41) is 3.19. The van der Waals surface area contributed by atoms with Crippen molar-refractivity contribution in [2.45, 2.75) is 45.1 Å². The van der Waals surface area contributed by atoms with Crippen molar-refractivity contribution in [3.05, 3.63) is 0 Å². The van der Waals surface area contributed by atoms with E-state index in [0.717, 1.165) is 39.0 Å². The average Bonchev–Trinajstić information content (AvgIpc) is 2.80. The van der Waals surface area contributed by atoms with E-state index in [9.17, 15) is 0 Å². The van der Waals surface area contributed by atoms with Crippen LogP contribution in [0.2, 0.25) is 0 Å². The normalized spacial score (nSPS) is 21.1. The Morgan fingerprint density at radius 1 is 1.56 bits per heavy atom. The maximum absolute atomic E-state index is 5.54. The predicted molar refractivity (Wildman–Crippen MR) is 66.1 cm³/mol. The fraction of sp³-hybridized carbons (Fsp3) is 0.909. The van der Waals surface area contributed by atoms with Crippen LogP contribution in [0.3, 0.4) is 0 Å². The summed E-state index contributed by atoms with van der Waals surface area (Å²) >= 11 is 0. The van der Waals surface area contributed by atoms with E-state index in [4.69, 9.17) is 10.6 Å². The molecule has 1 aliphatic rings. The van der Waals surface area contributed by atoms with Crippen LogP contribution in [0, 0.1) is 0 Å². The van der Waals surface area contributed by atoms with Gasteiger partial charge in [0.25, 0.3) is 0 Å². The smallest absolute Gasteiger partial charge is 0.205 e. The quantitative estimate of drug-likeness (QED) is 0.206. The number of guanidine groups is 1. The van der Waals surface area contributed by atoms with Gasteiger partial charge < -0.3 is 10.1 Å². The predicted octanol–water partition coefficient (Wildman–Crippen LogP) is 0.764. The van der Waals surface area contributed by atoms with E-state index in [2.05, 4.69) is 22.7 Å². The van der Waals surface area contributed by atoms with Gasteiger partial charge in [-0.2, -0.15) is 0 Å². The Morgan fingerprint density at radius 2 is 2.44 bits per heavy atom. The van der Waals surface area contributed by atoms with Crippen molar-refractivity contribution in [3.8, 4) is 0 Å². The minimum atomic E-state index is 0.419. The highest BCUT2D eigenvalue weighted by atomic mass is 16.5. The minimum Gasteiger partial charge on any atom is -0.378 e. The van der Waals surface area contributed by atoms with E-state index in [1.807, 2.05) is 0 Å². The summed E-state index contributed by atoms with van der Waals surface area (Å²) in [5.41, 5.74) is 2.58. The zero-order valence-corrected chi connectivity index (χ0v) is 10.2. The van der Waals surface area contributed by atoms with E-state index in [0.29, 0.717) is 12.1 Å². The van der Waals surface area contributed by atoms with Crippen molar-refractivity contribution in [2.24, 2.45) is 10.8 Å². The molecule has 1 unspecified atom stereocenters. The summed E-state index contributed by atoms with van der Waals surface area (Å²) in [5.74, 6) is 6.06. The molecular weight excluding hydrogens is 204 g/mol. The van der Waals surface area contributed by atoms with Gasteiger partial charge in [-0.1, -0.05) is 13.3 Å². The van der Waals surface area contributed by atoms with Gasteiger partial charge in [0.15, 0.2) is 0 Å². The van der Waals surface area contributed by atoms with E-state index in [1.54, 1.807) is 0 Å². The lowest BCUT2D eigenvalue weighted by molar-refractivity contribution is 0.105. The van der Waals surface area contributed by atoms with Gasteiger partial charge in [0.05, 0.1) is 6.10 Å². The highest BCUT2D eigenvalue weighted by molar-refractivity contribution is 5.79. The molecule has 0 aromatic heterocycles. The van der Waals surface area contributed by atoms with Crippen LogP contribution in [0.1, 0.15) is 39.0 Å². The van der Waals surface area contributed by atoms with E-state index in [1.165, 1.54) is 12.8 Å². The number of unbranched alkanes of at least 4 members (excludes halogenated alkanes) is 1. The van der Waals surface area contributed by atoms with Crippen LogP contribution in [-0.4, -0.2) is 31.8 Å². The fourth-order valence-corrected chi connectivity index (χ4v) is 1.73. The van der Waals surface area contributed by atoms with E-state index in [-0.39, 0.29) is 0 Å². The molecule has 0 aromatic carbocycles. The summed E-state index contributed by atoms with van der Waals surface area (Å²) in [4.78, 5) is 4.32. The third-order valence-electron chi connectivity index (χ3n) is 2.70. The number of hydrogen-bond donors (Lipinski definition) is 3. The molecule has 5 heteroatoms. The van der Waals surface area contributed by atoms with Crippen molar-refractivity contribution in [3.63, 3.8) is 0 Å². The van der Waals surface area contributed by atoms with Crippen LogP contribution in [0.5, 0.6) is 0 Å². The summed E-state index contributed by atoms with van der Waals surface area (Å²) < 4.78 is 5.54. The third kappa shape index (κ3) is 5.32. The lowest BCUT2D eigenvalue weighted by Crippen LogP contribution is -2.42. The Kier molecular flexibility index (Phi) is 6.92. The number of nitrogens with two attached hydrogens (primary N) is 1. The molecule has 0 amide bonds. The first kappa shape index (κ1) is 13.3. The van der Waals surface area contributed by atoms with Crippen LogP contribution >= 0.6 is 0 Å². The van der Waals surface area contributed by atoms with Gasteiger partial charge >= 0.3 is 0 Å². The van der Waals surface area contributed by atoms with Gasteiger partial charge in [0, 0.05) is 19.7 Å². The summed E-state index contributed by atoms with van der Waals surface area (Å²) in [6.07, 6.45) is 6.06. The summed E-state index contributed by atoms with van der Waals surface area (Å²) in [6, 6.07) is 0. The number of aliphatic imine (C=N–C) groups is 1. The first-order valence-electron chi connectivity index (χ1n) is 6.23. The highest BCUT2D eigenvalue weighted by Gasteiger charge is 2.14. The Balaban J connectivity index is 2.09. The Labute approximate surface area is 97.8 Å². The molecule has 1 rings (SSSR count).